The lowest BCUT2D eigenvalue weighted by Gasteiger charge is -2.23. The van der Waals surface area contributed by atoms with E-state index in [1.807, 2.05) is 26.0 Å². The maximum atomic E-state index is 9.26. The molecule has 96 valence electrons. The third-order valence-corrected chi connectivity index (χ3v) is 2.50. The third kappa shape index (κ3) is 4.34. The van der Waals surface area contributed by atoms with Crippen LogP contribution in [-0.4, -0.2) is 37.6 Å². The van der Waals surface area contributed by atoms with Crippen LogP contribution in [0.3, 0.4) is 0 Å². The Balaban J connectivity index is 2.73. The van der Waals surface area contributed by atoms with E-state index in [-0.39, 0.29) is 12.6 Å². The van der Waals surface area contributed by atoms with E-state index in [0.717, 1.165) is 16.9 Å². The zero-order chi connectivity index (χ0) is 12.8. The first-order valence-electron chi connectivity index (χ1n) is 5.67. The van der Waals surface area contributed by atoms with Crippen molar-refractivity contribution in [2.24, 2.45) is 5.73 Å². The van der Waals surface area contributed by atoms with Crippen molar-refractivity contribution in [1.82, 2.24) is 0 Å². The number of aliphatic hydroxyl groups excluding tert-OH is 1. The first-order valence-corrected chi connectivity index (χ1v) is 5.67. The SMILES string of the molecule is COCC(N)C(CO)Oc1cc(C)cc(C)c1. The minimum Gasteiger partial charge on any atom is -0.486 e. The van der Waals surface area contributed by atoms with Gasteiger partial charge in [0.05, 0.1) is 19.3 Å². The topological polar surface area (TPSA) is 64.7 Å². The Labute approximate surface area is 102 Å². The van der Waals surface area contributed by atoms with Crippen molar-refractivity contribution in [2.45, 2.75) is 26.0 Å². The molecule has 1 aromatic rings. The highest BCUT2D eigenvalue weighted by atomic mass is 16.5. The fourth-order valence-corrected chi connectivity index (χ4v) is 1.74. The van der Waals surface area contributed by atoms with Gasteiger partial charge in [-0.15, -0.1) is 0 Å². The smallest absolute Gasteiger partial charge is 0.139 e. The summed E-state index contributed by atoms with van der Waals surface area (Å²) in [6.45, 7) is 4.24. The molecule has 1 aromatic carbocycles. The van der Waals surface area contributed by atoms with Gasteiger partial charge in [-0.25, -0.2) is 0 Å². The molecule has 2 atom stereocenters. The van der Waals surface area contributed by atoms with Gasteiger partial charge < -0.3 is 20.3 Å². The maximum Gasteiger partial charge on any atom is 0.139 e. The van der Waals surface area contributed by atoms with Crippen LogP contribution in [0.4, 0.5) is 0 Å². The van der Waals surface area contributed by atoms with E-state index in [9.17, 15) is 5.11 Å². The quantitative estimate of drug-likeness (QED) is 0.778. The highest BCUT2D eigenvalue weighted by molar-refractivity contribution is 5.33. The largest absolute Gasteiger partial charge is 0.486 e. The predicted octanol–water partition coefficient (Wildman–Crippen LogP) is 1.02. The zero-order valence-electron chi connectivity index (χ0n) is 10.6. The van der Waals surface area contributed by atoms with E-state index in [4.69, 9.17) is 15.2 Å². The summed E-state index contributed by atoms with van der Waals surface area (Å²) in [6.07, 6.45) is -0.448. The monoisotopic (exact) mass is 239 g/mol. The standard InChI is InChI=1S/C13H21NO3/c1-9-4-10(2)6-11(5-9)17-13(7-15)12(14)8-16-3/h4-6,12-13,15H,7-8,14H2,1-3H3. The van der Waals surface area contributed by atoms with Gasteiger partial charge in [0.15, 0.2) is 0 Å². The van der Waals surface area contributed by atoms with Gasteiger partial charge in [0.2, 0.25) is 0 Å². The van der Waals surface area contributed by atoms with Gasteiger partial charge in [0.1, 0.15) is 11.9 Å². The first kappa shape index (κ1) is 14.0. The van der Waals surface area contributed by atoms with E-state index in [1.54, 1.807) is 7.11 Å². The molecule has 0 spiro atoms. The second-order valence-electron chi connectivity index (χ2n) is 4.28. The van der Waals surface area contributed by atoms with Crippen molar-refractivity contribution in [2.75, 3.05) is 20.3 Å². The van der Waals surface area contributed by atoms with Crippen LogP contribution in [0.25, 0.3) is 0 Å². The number of hydrogen-bond acceptors (Lipinski definition) is 4. The lowest BCUT2D eigenvalue weighted by Crippen LogP contribution is -2.44. The molecule has 0 saturated carbocycles. The molecule has 0 aliphatic heterocycles. The van der Waals surface area contributed by atoms with Crippen LogP contribution in [0.1, 0.15) is 11.1 Å². The predicted molar refractivity (Wildman–Crippen MR) is 67.3 cm³/mol. The molecule has 1 rings (SSSR count). The van der Waals surface area contributed by atoms with Crippen LogP contribution in [-0.2, 0) is 4.74 Å². The molecule has 0 fully saturated rings. The van der Waals surface area contributed by atoms with E-state index in [2.05, 4.69) is 6.07 Å². The van der Waals surface area contributed by atoms with E-state index in [1.165, 1.54) is 0 Å². The summed E-state index contributed by atoms with van der Waals surface area (Å²) in [7, 11) is 1.57. The lowest BCUT2D eigenvalue weighted by molar-refractivity contribution is 0.0604. The van der Waals surface area contributed by atoms with Gasteiger partial charge >= 0.3 is 0 Å². The Bertz CT molecular complexity index is 334. The highest BCUT2D eigenvalue weighted by Crippen LogP contribution is 2.18. The summed E-state index contributed by atoms with van der Waals surface area (Å²) in [5, 5.41) is 9.26. The number of benzene rings is 1. The van der Waals surface area contributed by atoms with Crippen molar-refractivity contribution in [3.63, 3.8) is 0 Å². The fourth-order valence-electron chi connectivity index (χ4n) is 1.74. The van der Waals surface area contributed by atoms with E-state index in [0.29, 0.717) is 6.61 Å². The van der Waals surface area contributed by atoms with Crippen molar-refractivity contribution in [3.8, 4) is 5.75 Å². The average Bonchev–Trinajstić information content (AvgIpc) is 2.24. The van der Waals surface area contributed by atoms with Gasteiger partial charge in [-0.1, -0.05) is 6.07 Å². The molecule has 0 aromatic heterocycles. The molecule has 0 saturated heterocycles. The van der Waals surface area contributed by atoms with Gasteiger partial charge in [-0.2, -0.15) is 0 Å². The van der Waals surface area contributed by atoms with Crippen LogP contribution in [0.15, 0.2) is 18.2 Å². The number of aliphatic hydroxyl groups is 1. The second kappa shape index (κ2) is 6.59. The Kier molecular flexibility index (Phi) is 5.41. The van der Waals surface area contributed by atoms with Gasteiger partial charge in [-0.3, -0.25) is 0 Å². The summed E-state index contributed by atoms with van der Waals surface area (Å²) in [5.74, 6) is 0.730. The summed E-state index contributed by atoms with van der Waals surface area (Å²) in [6, 6.07) is 5.58. The molecule has 0 bridgehead atoms. The summed E-state index contributed by atoms with van der Waals surface area (Å²) < 4.78 is 10.6. The van der Waals surface area contributed by atoms with Crippen molar-refractivity contribution in [1.29, 1.82) is 0 Å². The number of hydrogen-bond donors (Lipinski definition) is 2. The highest BCUT2D eigenvalue weighted by Gasteiger charge is 2.18. The molecule has 17 heavy (non-hydrogen) atoms. The molecule has 4 nitrogen and oxygen atoms in total. The molecule has 4 heteroatoms. The van der Waals surface area contributed by atoms with Crippen LogP contribution in [0.2, 0.25) is 0 Å². The van der Waals surface area contributed by atoms with Crippen molar-refractivity contribution < 1.29 is 14.6 Å². The summed E-state index contributed by atoms with van der Waals surface area (Å²) in [4.78, 5) is 0. The van der Waals surface area contributed by atoms with Crippen molar-refractivity contribution >= 4 is 0 Å². The normalized spacial score (nSPS) is 14.4. The molecule has 0 aliphatic carbocycles. The maximum absolute atomic E-state index is 9.26. The minimum absolute atomic E-state index is 0.127. The Morgan fingerprint density at radius 2 is 1.82 bits per heavy atom. The van der Waals surface area contributed by atoms with Gasteiger partial charge in [0.25, 0.3) is 0 Å². The number of methoxy groups -OCH3 is 1. The number of ether oxygens (including phenoxy) is 2. The van der Waals surface area contributed by atoms with E-state index >= 15 is 0 Å². The first-order chi connectivity index (χ1) is 8.06. The molecule has 0 heterocycles. The van der Waals surface area contributed by atoms with Gasteiger partial charge in [-0.05, 0) is 37.1 Å². The number of aryl methyl sites for hydroxylation is 2. The van der Waals surface area contributed by atoms with Crippen LogP contribution in [0, 0.1) is 13.8 Å². The Morgan fingerprint density at radius 3 is 2.29 bits per heavy atom. The molecule has 2 unspecified atom stereocenters. The van der Waals surface area contributed by atoms with Crippen LogP contribution in [0.5, 0.6) is 5.75 Å². The second-order valence-corrected chi connectivity index (χ2v) is 4.28. The number of nitrogens with two attached hydrogens (primary N) is 1. The van der Waals surface area contributed by atoms with Gasteiger partial charge in [0, 0.05) is 7.11 Å². The molecule has 0 radical (unpaired) electrons. The lowest BCUT2D eigenvalue weighted by atomic mass is 10.1. The van der Waals surface area contributed by atoms with Crippen LogP contribution >= 0.6 is 0 Å². The molecular formula is C13H21NO3. The fraction of sp³-hybridized carbons (Fsp3) is 0.538. The average molecular weight is 239 g/mol. The molecule has 3 N–H and O–H groups in total. The number of rotatable bonds is 6. The summed E-state index contributed by atoms with van der Waals surface area (Å²) >= 11 is 0. The van der Waals surface area contributed by atoms with Crippen LogP contribution < -0.4 is 10.5 Å². The Hall–Kier alpha value is -1.10. The Morgan fingerprint density at radius 1 is 1.24 bits per heavy atom. The molecule has 0 amide bonds. The zero-order valence-corrected chi connectivity index (χ0v) is 10.6. The third-order valence-electron chi connectivity index (χ3n) is 2.50. The van der Waals surface area contributed by atoms with Crippen molar-refractivity contribution in [3.05, 3.63) is 29.3 Å². The minimum atomic E-state index is -0.448. The summed E-state index contributed by atoms with van der Waals surface area (Å²) in [5.41, 5.74) is 8.10. The molecular weight excluding hydrogens is 218 g/mol. The molecule has 0 aliphatic rings. The van der Waals surface area contributed by atoms with E-state index < -0.39 is 6.10 Å².